The second-order valence-corrected chi connectivity index (χ2v) is 4.67. The second-order valence-electron chi connectivity index (χ2n) is 4.67. The van der Waals surface area contributed by atoms with Crippen molar-refractivity contribution in [1.82, 2.24) is 0 Å². The van der Waals surface area contributed by atoms with Gasteiger partial charge in [-0.2, -0.15) is 35.1 Å². The lowest BCUT2D eigenvalue weighted by Crippen LogP contribution is -2.53. The Kier molecular flexibility index (Phi) is 6.41. The molecule has 10 heteroatoms. The van der Waals surface area contributed by atoms with E-state index < -0.39 is 42.0 Å². The van der Waals surface area contributed by atoms with Gasteiger partial charge in [-0.1, -0.05) is 30.0 Å². The van der Waals surface area contributed by atoms with Crippen molar-refractivity contribution in [3.05, 3.63) is 47.3 Å². The number of hydrogen-bond donors (Lipinski definition) is 0. The number of esters is 1. The molecule has 0 aliphatic carbocycles. The molecule has 1 aromatic rings. The third-order valence-electron chi connectivity index (χ3n) is 2.84. The molecule has 1 aromatic carbocycles. The Balaban J connectivity index is 3.59. The lowest BCUT2D eigenvalue weighted by Gasteiger charge is -2.28. The van der Waals surface area contributed by atoms with Crippen molar-refractivity contribution in [2.24, 2.45) is 0 Å². The van der Waals surface area contributed by atoms with Gasteiger partial charge in [-0.25, -0.2) is 4.79 Å². The number of halogens is 8. The molecule has 0 unspecified atom stereocenters. The van der Waals surface area contributed by atoms with Gasteiger partial charge in [0.2, 0.25) is 5.83 Å². The van der Waals surface area contributed by atoms with E-state index in [9.17, 15) is 39.9 Å². The first-order chi connectivity index (χ1) is 11.9. The third kappa shape index (κ3) is 4.33. The molecule has 142 valence electrons. The number of alkyl halides is 7. The summed E-state index contributed by atoms with van der Waals surface area (Å²) in [6.45, 7) is 0.607. The Morgan fingerprint density at radius 1 is 1.04 bits per heavy atom. The summed E-state index contributed by atoms with van der Waals surface area (Å²) in [6, 6.07) is 6.60. The summed E-state index contributed by atoms with van der Waals surface area (Å²) in [5, 5.41) is 0. The maximum atomic E-state index is 13.9. The van der Waals surface area contributed by atoms with E-state index in [0.717, 1.165) is 6.92 Å². The summed E-state index contributed by atoms with van der Waals surface area (Å²) in [5.74, 6) is -14.6. The van der Waals surface area contributed by atoms with Crippen molar-refractivity contribution < 1.29 is 44.7 Å². The zero-order valence-electron chi connectivity index (χ0n) is 12.9. The van der Waals surface area contributed by atoms with Gasteiger partial charge in [-0.3, -0.25) is 0 Å². The third-order valence-corrected chi connectivity index (χ3v) is 2.84. The molecular weight excluding hydrogens is 376 g/mol. The molecule has 1 rings (SSSR count). The molecule has 0 fully saturated rings. The van der Waals surface area contributed by atoms with E-state index in [4.69, 9.17) is 0 Å². The van der Waals surface area contributed by atoms with Crippen LogP contribution in [0, 0.1) is 11.8 Å². The molecule has 0 amide bonds. The monoisotopic (exact) mass is 386 g/mol. The normalized spacial score (nSPS) is 13.4. The Labute approximate surface area is 142 Å². The smallest absolute Gasteiger partial charge is 0.460 e. The van der Waals surface area contributed by atoms with Crippen molar-refractivity contribution in [3.63, 3.8) is 0 Å². The molecular formula is C16H10F8O2. The number of benzene rings is 1. The van der Waals surface area contributed by atoms with E-state index in [-0.39, 0.29) is 5.56 Å². The first-order valence-electron chi connectivity index (χ1n) is 6.83. The molecule has 0 saturated heterocycles. The summed E-state index contributed by atoms with van der Waals surface area (Å²) in [6.07, 6.45) is -6.72. The number of carbonyl (C=O) groups excluding carboxylic acids is 1. The lowest BCUT2D eigenvalue weighted by atomic mass is 10.0. The van der Waals surface area contributed by atoms with Gasteiger partial charge in [0.15, 0.2) is 0 Å². The van der Waals surface area contributed by atoms with Crippen molar-refractivity contribution in [1.29, 1.82) is 0 Å². The number of ether oxygens (including phenoxy) is 1. The summed E-state index contributed by atoms with van der Waals surface area (Å²) in [5.41, 5.74) is -2.71. The lowest BCUT2D eigenvalue weighted by molar-refractivity contribution is -0.343. The SMILES string of the molecule is CCOC(=O)/C(F)=C(\C#Cc1ccccc1)C(F)(F)C(F)(F)C(F)(F)F. The molecule has 26 heavy (non-hydrogen) atoms. The Bertz CT molecular complexity index is 739. The molecule has 0 heterocycles. The molecule has 0 N–H and O–H groups in total. The molecule has 0 saturated carbocycles. The molecule has 0 radical (unpaired) electrons. The Morgan fingerprint density at radius 2 is 1.58 bits per heavy atom. The van der Waals surface area contributed by atoms with Crippen LogP contribution >= 0.6 is 0 Å². The molecule has 0 aromatic heterocycles. The van der Waals surface area contributed by atoms with Crippen molar-refractivity contribution in [2.75, 3.05) is 6.61 Å². The van der Waals surface area contributed by atoms with E-state index in [1.54, 1.807) is 0 Å². The Hall–Kier alpha value is -2.57. The summed E-state index contributed by atoms with van der Waals surface area (Å²) >= 11 is 0. The van der Waals surface area contributed by atoms with E-state index in [1.807, 2.05) is 5.92 Å². The van der Waals surface area contributed by atoms with E-state index in [0.29, 0.717) is 0 Å². The van der Waals surface area contributed by atoms with E-state index in [1.165, 1.54) is 36.3 Å². The molecule has 0 spiro atoms. The largest absolute Gasteiger partial charge is 0.461 e. The molecule has 2 nitrogen and oxygen atoms in total. The number of hydrogen-bond acceptors (Lipinski definition) is 2. The fourth-order valence-electron chi connectivity index (χ4n) is 1.56. The first-order valence-corrected chi connectivity index (χ1v) is 6.83. The zero-order chi connectivity index (χ0) is 20.2. The van der Waals surface area contributed by atoms with Gasteiger partial charge in [0, 0.05) is 5.56 Å². The number of allylic oxidation sites excluding steroid dienone is 1. The van der Waals surface area contributed by atoms with Gasteiger partial charge in [-0.05, 0) is 19.1 Å². The van der Waals surface area contributed by atoms with Gasteiger partial charge in [-0.15, -0.1) is 0 Å². The molecule has 0 atom stereocenters. The highest BCUT2D eigenvalue weighted by atomic mass is 19.4. The first kappa shape index (κ1) is 21.5. The average Bonchev–Trinajstić information content (AvgIpc) is 2.54. The summed E-state index contributed by atoms with van der Waals surface area (Å²) in [4.78, 5) is 11.2. The highest BCUT2D eigenvalue weighted by Crippen LogP contribution is 2.50. The minimum Gasteiger partial charge on any atom is -0.461 e. The van der Waals surface area contributed by atoms with Crippen LogP contribution in [0.5, 0.6) is 0 Å². The van der Waals surface area contributed by atoms with Gasteiger partial charge in [0.1, 0.15) is 5.57 Å². The van der Waals surface area contributed by atoms with Gasteiger partial charge < -0.3 is 4.74 Å². The fraction of sp³-hybridized carbons (Fsp3) is 0.312. The number of carbonyl (C=O) groups is 1. The van der Waals surface area contributed by atoms with Crippen molar-refractivity contribution in [3.8, 4) is 11.8 Å². The predicted octanol–water partition coefficient (Wildman–Crippen LogP) is 4.66. The van der Waals surface area contributed by atoms with Crippen LogP contribution in [0.2, 0.25) is 0 Å². The van der Waals surface area contributed by atoms with Gasteiger partial charge >= 0.3 is 24.0 Å². The predicted molar refractivity (Wildman–Crippen MR) is 74.0 cm³/mol. The molecule has 0 aliphatic heterocycles. The quantitative estimate of drug-likeness (QED) is 0.326. The van der Waals surface area contributed by atoms with Crippen LogP contribution < -0.4 is 0 Å². The van der Waals surface area contributed by atoms with Crippen molar-refractivity contribution >= 4 is 5.97 Å². The highest BCUT2D eigenvalue weighted by Gasteiger charge is 2.75. The van der Waals surface area contributed by atoms with Gasteiger partial charge in [0.25, 0.3) is 0 Å². The average molecular weight is 386 g/mol. The van der Waals surface area contributed by atoms with Crippen LogP contribution in [-0.4, -0.2) is 30.6 Å². The minimum atomic E-state index is -6.72. The minimum absolute atomic E-state index is 0.0900. The Morgan fingerprint density at radius 3 is 2.04 bits per heavy atom. The molecule has 0 aliphatic rings. The van der Waals surface area contributed by atoms with E-state index >= 15 is 0 Å². The molecule has 0 bridgehead atoms. The van der Waals surface area contributed by atoms with Crippen LogP contribution in [0.4, 0.5) is 35.1 Å². The summed E-state index contributed by atoms with van der Waals surface area (Å²) < 4.78 is 109. The van der Waals surface area contributed by atoms with Crippen LogP contribution in [0.3, 0.4) is 0 Å². The topological polar surface area (TPSA) is 26.3 Å². The van der Waals surface area contributed by atoms with Crippen molar-refractivity contribution in [2.45, 2.75) is 24.9 Å². The standard InChI is InChI=1S/C16H10F8O2/c1-2-26-13(25)12(17)11(9-8-10-6-4-3-5-7-10)14(18,19)15(20,21)16(22,23)24/h3-7H,2H2,1H3/b12-11-. The highest BCUT2D eigenvalue weighted by molar-refractivity contribution is 5.88. The second kappa shape index (κ2) is 7.76. The number of rotatable bonds is 4. The van der Waals surface area contributed by atoms with E-state index in [2.05, 4.69) is 4.74 Å². The van der Waals surface area contributed by atoms with Crippen LogP contribution in [0.15, 0.2) is 41.7 Å². The fourth-order valence-corrected chi connectivity index (χ4v) is 1.56. The van der Waals surface area contributed by atoms with Crippen LogP contribution in [0.25, 0.3) is 0 Å². The maximum absolute atomic E-state index is 13.9. The van der Waals surface area contributed by atoms with Gasteiger partial charge in [0.05, 0.1) is 6.61 Å². The van der Waals surface area contributed by atoms with Crippen LogP contribution in [-0.2, 0) is 9.53 Å². The zero-order valence-corrected chi connectivity index (χ0v) is 12.9. The van der Waals surface area contributed by atoms with Crippen LogP contribution in [0.1, 0.15) is 12.5 Å². The summed E-state index contributed by atoms with van der Waals surface area (Å²) in [7, 11) is 0. The maximum Gasteiger partial charge on any atom is 0.460 e.